The van der Waals surface area contributed by atoms with Crippen molar-refractivity contribution in [1.82, 2.24) is 10.3 Å². The summed E-state index contributed by atoms with van der Waals surface area (Å²) >= 11 is 0. The number of rotatable bonds is 4. The molecule has 100 valence electrons. The predicted octanol–water partition coefficient (Wildman–Crippen LogP) is 1.95. The average molecular weight is 261 g/mol. The number of nitrogens with one attached hydrogen (secondary N) is 1. The highest BCUT2D eigenvalue weighted by Crippen LogP contribution is 2.24. The maximum Gasteiger partial charge on any atom is 0.226 e. The van der Waals surface area contributed by atoms with Crippen LogP contribution in [0.25, 0.3) is 11.0 Å². The number of carbonyl (C=O) groups excluding carboxylic acids is 2. The molecule has 0 spiro atoms. The zero-order valence-electron chi connectivity index (χ0n) is 11.1. The van der Waals surface area contributed by atoms with E-state index in [-0.39, 0.29) is 24.0 Å². The Morgan fingerprint density at radius 2 is 1.95 bits per heavy atom. The Balaban J connectivity index is 2.40. The van der Waals surface area contributed by atoms with Crippen LogP contribution in [0.4, 0.5) is 5.69 Å². The second kappa shape index (κ2) is 5.17. The highest BCUT2D eigenvalue weighted by Gasteiger charge is 2.15. The van der Waals surface area contributed by atoms with E-state index in [2.05, 4.69) is 15.6 Å². The Hall–Kier alpha value is -2.24. The third-order valence-electron chi connectivity index (χ3n) is 2.72. The number of nitrogens with zero attached hydrogens (tertiary/aromatic N) is 2. The van der Waals surface area contributed by atoms with Crippen LogP contribution in [-0.4, -0.2) is 22.0 Å². The standard InChI is InChI=1S/C13H15N3O3/c1-7(2)13(18)14-10-5-4-9(6-8(3)17)11-12(10)16-19-15-11/h4-5,7H,6H2,1-3H3,(H,14,18). The summed E-state index contributed by atoms with van der Waals surface area (Å²) in [5, 5.41) is 10.3. The molecule has 1 amide bonds. The van der Waals surface area contributed by atoms with Gasteiger partial charge in [-0.05, 0) is 28.9 Å². The molecule has 6 heteroatoms. The van der Waals surface area contributed by atoms with E-state index in [0.717, 1.165) is 5.56 Å². The number of fused-ring (bicyclic) bond motifs is 1. The summed E-state index contributed by atoms with van der Waals surface area (Å²) in [5.41, 5.74) is 2.26. The molecule has 1 N–H and O–H groups in total. The first-order valence-electron chi connectivity index (χ1n) is 6.03. The first-order chi connectivity index (χ1) is 8.99. The van der Waals surface area contributed by atoms with Gasteiger partial charge in [-0.25, -0.2) is 4.63 Å². The van der Waals surface area contributed by atoms with Crippen molar-refractivity contribution < 1.29 is 14.2 Å². The fourth-order valence-electron chi connectivity index (χ4n) is 1.71. The van der Waals surface area contributed by atoms with Gasteiger partial charge in [0.2, 0.25) is 5.91 Å². The van der Waals surface area contributed by atoms with E-state index < -0.39 is 0 Å². The number of anilines is 1. The van der Waals surface area contributed by atoms with Crippen LogP contribution in [0.3, 0.4) is 0 Å². The molecule has 6 nitrogen and oxygen atoms in total. The lowest BCUT2D eigenvalue weighted by molar-refractivity contribution is -0.119. The highest BCUT2D eigenvalue weighted by atomic mass is 16.6. The topological polar surface area (TPSA) is 85.1 Å². The summed E-state index contributed by atoms with van der Waals surface area (Å²) in [5.74, 6) is -0.210. The lowest BCUT2D eigenvalue weighted by Gasteiger charge is -2.08. The summed E-state index contributed by atoms with van der Waals surface area (Å²) in [6.07, 6.45) is 0.267. The second-order valence-corrected chi connectivity index (χ2v) is 4.76. The van der Waals surface area contributed by atoms with E-state index in [9.17, 15) is 9.59 Å². The van der Waals surface area contributed by atoms with E-state index in [1.54, 1.807) is 26.0 Å². The minimum absolute atomic E-state index is 0.0308. The van der Waals surface area contributed by atoms with Gasteiger partial charge < -0.3 is 5.32 Å². The Morgan fingerprint density at radius 3 is 2.58 bits per heavy atom. The minimum atomic E-state index is -0.133. The van der Waals surface area contributed by atoms with Crippen LogP contribution in [0.1, 0.15) is 26.3 Å². The molecule has 0 fully saturated rings. The minimum Gasteiger partial charge on any atom is -0.324 e. The highest BCUT2D eigenvalue weighted by molar-refractivity contribution is 6.01. The molecule has 0 aliphatic heterocycles. The van der Waals surface area contributed by atoms with Gasteiger partial charge in [0.25, 0.3) is 0 Å². The maximum atomic E-state index is 11.7. The average Bonchev–Trinajstić information content (AvgIpc) is 2.81. The molecule has 0 bridgehead atoms. The van der Waals surface area contributed by atoms with Gasteiger partial charge in [0.1, 0.15) is 11.3 Å². The molecule has 0 saturated heterocycles. The van der Waals surface area contributed by atoms with Crippen LogP contribution in [0, 0.1) is 5.92 Å². The molecule has 2 aromatic rings. The molecular formula is C13H15N3O3. The van der Waals surface area contributed by atoms with Gasteiger partial charge >= 0.3 is 0 Å². The van der Waals surface area contributed by atoms with Crippen LogP contribution in [-0.2, 0) is 16.0 Å². The fourth-order valence-corrected chi connectivity index (χ4v) is 1.71. The third kappa shape index (κ3) is 2.78. The summed E-state index contributed by atoms with van der Waals surface area (Å²) in [6, 6.07) is 3.47. The molecule has 1 heterocycles. The molecule has 2 rings (SSSR count). The molecule has 1 aromatic heterocycles. The van der Waals surface area contributed by atoms with Crippen molar-refractivity contribution in [2.75, 3.05) is 5.32 Å². The number of benzene rings is 1. The van der Waals surface area contributed by atoms with Crippen molar-refractivity contribution in [2.45, 2.75) is 27.2 Å². The molecule has 0 saturated carbocycles. The quantitative estimate of drug-likeness (QED) is 0.909. The number of amides is 1. The van der Waals surface area contributed by atoms with Gasteiger partial charge in [-0.1, -0.05) is 19.9 Å². The van der Waals surface area contributed by atoms with E-state index in [1.807, 2.05) is 0 Å². The molecule has 0 aliphatic rings. The first-order valence-corrected chi connectivity index (χ1v) is 6.03. The SMILES string of the molecule is CC(=O)Cc1ccc(NC(=O)C(C)C)c2nonc12. The van der Waals surface area contributed by atoms with Crippen LogP contribution in [0.5, 0.6) is 0 Å². The number of carbonyl (C=O) groups is 2. The summed E-state index contributed by atoms with van der Waals surface area (Å²) in [6.45, 7) is 5.11. The smallest absolute Gasteiger partial charge is 0.226 e. The van der Waals surface area contributed by atoms with Crippen LogP contribution < -0.4 is 5.32 Å². The zero-order valence-corrected chi connectivity index (χ0v) is 11.1. The molecule has 19 heavy (non-hydrogen) atoms. The largest absolute Gasteiger partial charge is 0.324 e. The fraction of sp³-hybridized carbons (Fsp3) is 0.385. The lowest BCUT2D eigenvalue weighted by Crippen LogP contribution is -2.18. The van der Waals surface area contributed by atoms with Gasteiger partial charge in [0.15, 0.2) is 5.52 Å². The van der Waals surface area contributed by atoms with Crippen molar-refractivity contribution in [2.24, 2.45) is 5.92 Å². The van der Waals surface area contributed by atoms with E-state index >= 15 is 0 Å². The maximum absolute atomic E-state index is 11.7. The Morgan fingerprint density at radius 1 is 1.26 bits per heavy atom. The van der Waals surface area contributed by atoms with Crippen molar-refractivity contribution >= 4 is 28.4 Å². The number of aromatic nitrogens is 2. The van der Waals surface area contributed by atoms with Gasteiger partial charge in [0.05, 0.1) is 5.69 Å². The van der Waals surface area contributed by atoms with E-state index in [1.165, 1.54) is 6.92 Å². The third-order valence-corrected chi connectivity index (χ3v) is 2.72. The molecule has 0 unspecified atom stereocenters. The Kier molecular flexibility index (Phi) is 3.59. The van der Waals surface area contributed by atoms with Gasteiger partial charge in [-0.15, -0.1) is 0 Å². The predicted molar refractivity (Wildman–Crippen MR) is 69.7 cm³/mol. The van der Waals surface area contributed by atoms with Crippen molar-refractivity contribution in [1.29, 1.82) is 0 Å². The van der Waals surface area contributed by atoms with Crippen LogP contribution in [0.15, 0.2) is 16.8 Å². The normalized spacial score (nSPS) is 10.9. The van der Waals surface area contributed by atoms with Crippen molar-refractivity contribution in [3.63, 3.8) is 0 Å². The Labute approximate surface area is 110 Å². The monoisotopic (exact) mass is 261 g/mol. The molecule has 0 aliphatic carbocycles. The summed E-state index contributed by atoms with van der Waals surface area (Å²) in [7, 11) is 0. The van der Waals surface area contributed by atoms with Crippen molar-refractivity contribution in [3.05, 3.63) is 17.7 Å². The van der Waals surface area contributed by atoms with E-state index in [0.29, 0.717) is 16.7 Å². The van der Waals surface area contributed by atoms with Gasteiger partial charge in [-0.2, -0.15) is 0 Å². The number of hydrogen-bond acceptors (Lipinski definition) is 5. The zero-order chi connectivity index (χ0) is 14.0. The number of hydrogen-bond donors (Lipinski definition) is 1. The summed E-state index contributed by atoms with van der Waals surface area (Å²) < 4.78 is 4.71. The molecule has 1 aromatic carbocycles. The van der Waals surface area contributed by atoms with Crippen molar-refractivity contribution in [3.8, 4) is 0 Å². The first kappa shape index (κ1) is 13.2. The molecule has 0 radical (unpaired) electrons. The molecular weight excluding hydrogens is 246 g/mol. The van der Waals surface area contributed by atoms with Crippen LogP contribution >= 0.6 is 0 Å². The lowest BCUT2D eigenvalue weighted by atomic mass is 10.1. The molecule has 0 atom stereocenters. The summed E-state index contributed by atoms with van der Waals surface area (Å²) in [4.78, 5) is 22.9. The second-order valence-electron chi connectivity index (χ2n) is 4.76. The van der Waals surface area contributed by atoms with Gasteiger partial charge in [0, 0.05) is 12.3 Å². The number of Topliss-reactive ketones (excluding diaryl/α,β-unsaturated/α-hetero) is 1. The van der Waals surface area contributed by atoms with Crippen LogP contribution in [0.2, 0.25) is 0 Å². The Bertz CT molecular complexity index is 631. The van der Waals surface area contributed by atoms with E-state index in [4.69, 9.17) is 4.63 Å². The number of ketones is 1. The van der Waals surface area contributed by atoms with Gasteiger partial charge in [-0.3, -0.25) is 9.59 Å².